The number of benzene rings is 6. The van der Waals surface area contributed by atoms with Crippen molar-refractivity contribution in [2.45, 2.75) is 23.9 Å². The van der Waals surface area contributed by atoms with E-state index in [2.05, 4.69) is 0 Å². The van der Waals surface area contributed by atoms with Crippen molar-refractivity contribution in [3.05, 3.63) is 215 Å². The summed E-state index contributed by atoms with van der Waals surface area (Å²) in [5.74, 6) is -2.45. The summed E-state index contributed by atoms with van der Waals surface area (Å²) in [6.07, 6.45) is -4.50. The third-order valence-corrected chi connectivity index (χ3v) is 8.60. The number of aldehydes is 1. The number of carbonyl (C=O) groups excluding carboxylic acids is 4. The van der Waals surface area contributed by atoms with E-state index in [1.807, 2.05) is 91.0 Å². The maximum absolute atomic E-state index is 13.8. The Labute approximate surface area is 307 Å². The second kappa shape index (κ2) is 17.5. The van der Waals surface area contributed by atoms with Gasteiger partial charge >= 0.3 is 17.9 Å². The molecule has 0 radical (unpaired) electrons. The molecule has 0 aromatic heterocycles. The quantitative estimate of drug-likeness (QED) is 0.0461. The average Bonchev–Trinajstić information content (AvgIpc) is 3.23. The van der Waals surface area contributed by atoms with Crippen LogP contribution in [0.4, 0.5) is 0 Å². The van der Waals surface area contributed by atoms with Crippen molar-refractivity contribution >= 4 is 24.2 Å². The number of carbonyl (C=O) groups is 4. The van der Waals surface area contributed by atoms with Gasteiger partial charge in [-0.05, 0) is 53.1 Å². The summed E-state index contributed by atoms with van der Waals surface area (Å²) in [5.41, 5.74) is 1.51. The van der Waals surface area contributed by atoms with Gasteiger partial charge in [-0.1, -0.05) is 146 Å². The molecular weight excluding hydrogens is 668 g/mol. The van der Waals surface area contributed by atoms with Crippen molar-refractivity contribution in [2.24, 2.45) is 0 Å². The van der Waals surface area contributed by atoms with Gasteiger partial charge in [0.15, 0.2) is 24.6 Å². The first-order valence-corrected chi connectivity index (χ1v) is 17.0. The average molecular weight is 705 g/mol. The first-order valence-electron chi connectivity index (χ1n) is 17.0. The summed E-state index contributed by atoms with van der Waals surface area (Å²) in [7, 11) is 0. The van der Waals surface area contributed by atoms with Crippen LogP contribution in [0.5, 0.6) is 0 Å². The fraction of sp³-hybridized carbons (Fsp3) is 0.111. The molecule has 264 valence electrons. The molecule has 0 spiro atoms. The Balaban J connectivity index is 1.47. The lowest BCUT2D eigenvalue weighted by atomic mass is 9.80. The van der Waals surface area contributed by atoms with Gasteiger partial charge in [0, 0.05) is 0 Å². The zero-order valence-electron chi connectivity index (χ0n) is 28.6. The van der Waals surface area contributed by atoms with E-state index in [9.17, 15) is 19.2 Å². The van der Waals surface area contributed by atoms with Crippen LogP contribution in [0.2, 0.25) is 0 Å². The van der Waals surface area contributed by atoms with Gasteiger partial charge in [0.2, 0.25) is 0 Å². The minimum Gasteiger partial charge on any atom is -0.452 e. The molecule has 0 saturated carbocycles. The van der Waals surface area contributed by atoms with E-state index >= 15 is 0 Å². The fourth-order valence-electron chi connectivity index (χ4n) is 6.01. The van der Waals surface area contributed by atoms with Crippen LogP contribution in [0, 0.1) is 0 Å². The van der Waals surface area contributed by atoms with Gasteiger partial charge in [-0.15, -0.1) is 0 Å². The molecule has 0 heterocycles. The number of hydrogen-bond donors (Lipinski definition) is 0. The molecule has 0 N–H and O–H groups in total. The van der Waals surface area contributed by atoms with Crippen molar-refractivity contribution in [1.29, 1.82) is 0 Å². The summed E-state index contributed by atoms with van der Waals surface area (Å²) in [6, 6.07) is 53.0. The lowest BCUT2D eigenvalue weighted by Crippen LogP contribution is -2.50. The van der Waals surface area contributed by atoms with Crippen LogP contribution in [0.25, 0.3) is 0 Å². The van der Waals surface area contributed by atoms with E-state index in [1.54, 1.807) is 66.7 Å². The predicted molar refractivity (Wildman–Crippen MR) is 198 cm³/mol. The zero-order valence-corrected chi connectivity index (χ0v) is 28.6. The maximum Gasteiger partial charge on any atom is 0.338 e. The molecule has 0 amide bonds. The molecule has 6 aromatic carbocycles. The molecule has 0 saturated heterocycles. The Kier molecular flexibility index (Phi) is 12.0. The van der Waals surface area contributed by atoms with Crippen LogP contribution in [-0.2, 0) is 29.3 Å². The molecule has 0 aliphatic carbocycles. The minimum atomic E-state index is -1.72. The molecule has 53 heavy (non-hydrogen) atoms. The van der Waals surface area contributed by atoms with Crippen LogP contribution < -0.4 is 0 Å². The van der Waals surface area contributed by atoms with Crippen LogP contribution in [0.3, 0.4) is 0 Å². The molecule has 6 rings (SSSR count). The Morgan fingerprint density at radius 3 is 1.13 bits per heavy atom. The second-order valence-corrected chi connectivity index (χ2v) is 12.0. The van der Waals surface area contributed by atoms with E-state index < -0.39 is 48.4 Å². The Morgan fingerprint density at radius 1 is 0.453 bits per heavy atom. The molecule has 6 aromatic rings. The van der Waals surface area contributed by atoms with Crippen molar-refractivity contribution in [2.75, 3.05) is 6.61 Å². The monoisotopic (exact) mass is 704 g/mol. The first kappa shape index (κ1) is 36.2. The molecular formula is C45H36O8. The van der Waals surface area contributed by atoms with E-state index in [1.165, 1.54) is 24.3 Å². The van der Waals surface area contributed by atoms with E-state index in [0.717, 1.165) is 16.7 Å². The van der Waals surface area contributed by atoms with E-state index in [-0.39, 0.29) is 16.7 Å². The summed E-state index contributed by atoms with van der Waals surface area (Å²) in [6.45, 7) is -0.419. The smallest absolute Gasteiger partial charge is 0.338 e. The Hall–Kier alpha value is -6.64. The SMILES string of the molecule is O=C[C@@H](OC(=O)c1ccccc1)[C@@H](OC(=O)c1ccccc1)[C@H](COC(c1ccccc1)(c1ccccc1)c1ccccc1)OC(=O)c1ccccc1. The van der Waals surface area contributed by atoms with Crippen molar-refractivity contribution in [1.82, 2.24) is 0 Å². The normalized spacial score (nSPS) is 12.8. The van der Waals surface area contributed by atoms with Crippen molar-refractivity contribution in [3.63, 3.8) is 0 Å². The van der Waals surface area contributed by atoms with Crippen LogP contribution >= 0.6 is 0 Å². The highest BCUT2D eigenvalue weighted by molar-refractivity contribution is 5.92. The molecule has 0 aliphatic heterocycles. The van der Waals surface area contributed by atoms with Gasteiger partial charge in [-0.2, -0.15) is 0 Å². The second-order valence-electron chi connectivity index (χ2n) is 12.0. The number of esters is 3. The maximum atomic E-state index is 13.8. The highest BCUT2D eigenvalue weighted by Gasteiger charge is 2.43. The molecule has 8 heteroatoms. The third kappa shape index (κ3) is 8.64. The van der Waals surface area contributed by atoms with E-state index in [4.69, 9.17) is 18.9 Å². The van der Waals surface area contributed by atoms with E-state index in [0.29, 0.717) is 6.29 Å². The first-order chi connectivity index (χ1) is 26.0. The Morgan fingerprint density at radius 2 is 0.774 bits per heavy atom. The molecule has 0 fully saturated rings. The van der Waals surface area contributed by atoms with Crippen molar-refractivity contribution in [3.8, 4) is 0 Å². The lowest BCUT2D eigenvalue weighted by Gasteiger charge is -2.38. The number of ether oxygens (including phenoxy) is 4. The van der Waals surface area contributed by atoms with Gasteiger partial charge < -0.3 is 18.9 Å². The summed E-state index contributed by atoms with van der Waals surface area (Å²) in [5, 5.41) is 0. The van der Waals surface area contributed by atoms with Gasteiger partial charge in [-0.25, -0.2) is 14.4 Å². The fourth-order valence-corrected chi connectivity index (χ4v) is 6.01. The van der Waals surface area contributed by atoms with Gasteiger partial charge in [-0.3, -0.25) is 4.79 Å². The predicted octanol–water partition coefficient (Wildman–Crippen LogP) is 7.87. The standard InChI is InChI=1S/C45H36O8/c46-31-39(51-42(47)33-19-7-1-8-20-33)41(53-44(49)35-23-11-3-12-24-35)40(52-43(48)34-21-9-2-10-22-34)32-50-45(36-25-13-4-14-26-36,37-27-15-5-16-28-37)38-29-17-6-18-30-38/h1-31,39-41H,32H2/t39-,40+,41-/m1/s1. The highest BCUT2D eigenvalue weighted by Crippen LogP contribution is 2.41. The molecule has 0 aliphatic rings. The van der Waals surface area contributed by atoms with Crippen LogP contribution in [0.15, 0.2) is 182 Å². The molecule has 3 atom stereocenters. The van der Waals surface area contributed by atoms with Crippen molar-refractivity contribution < 1.29 is 38.1 Å². The number of hydrogen-bond acceptors (Lipinski definition) is 8. The minimum absolute atomic E-state index is 0.165. The van der Waals surface area contributed by atoms with Gasteiger partial charge in [0.25, 0.3) is 0 Å². The van der Waals surface area contributed by atoms with Gasteiger partial charge in [0.05, 0.1) is 23.3 Å². The molecule has 0 bridgehead atoms. The van der Waals surface area contributed by atoms with Crippen LogP contribution in [0.1, 0.15) is 47.8 Å². The summed E-state index contributed by atoms with van der Waals surface area (Å²) < 4.78 is 24.8. The molecule has 0 unspecified atom stereocenters. The largest absolute Gasteiger partial charge is 0.452 e. The zero-order chi connectivity index (χ0) is 36.9. The number of rotatable bonds is 15. The topological polar surface area (TPSA) is 105 Å². The van der Waals surface area contributed by atoms with Gasteiger partial charge in [0.1, 0.15) is 5.60 Å². The third-order valence-electron chi connectivity index (χ3n) is 8.60. The lowest BCUT2D eigenvalue weighted by molar-refractivity contribution is -0.138. The Bertz CT molecular complexity index is 1980. The highest BCUT2D eigenvalue weighted by atomic mass is 16.6. The van der Waals surface area contributed by atoms with Crippen LogP contribution in [-0.4, -0.2) is 49.1 Å². The summed E-state index contributed by atoms with van der Waals surface area (Å²) in [4.78, 5) is 53.7. The molecule has 8 nitrogen and oxygen atoms in total. The summed E-state index contributed by atoms with van der Waals surface area (Å²) >= 11 is 0.